The summed E-state index contributed by atoms with van der Waals surface area (Å²) in [7, 11) is 0. The van der Waals surface area contributed by atoms with E-state index in [1.54, 1.807) is 0 Å². The Labute approximate surface area is 153 Å². The fourth-order valence-electron chi connectivity index (χ4n) is 2.59. The molecule has 5 heteroatoms. The Bertz CT molecular complexity index is 906. The number of hydrogen-bond donors (Lipinski definition) is 1. The van der Waals surface area contributed by atoms with Gasteiger partial charge in [-0.15, -0.1) is 10.2 Å². The van der Waals surface area contributed by atoms with Crippen LogP contribution in [0.4, 0.5) is 0 Å². The summed E-state index contributed by atoms with van der Waals surface area (Å²) >= 11 is 0. The highest BCUT2D eigenvalue weighted by atomic mass is 16.4. The van der Waals surface area contributed by atoms with Gasteiger partial charge in [-0.25, -0.2) is 0 Å². The number of carbonyl (C=O) groups excluding carboxylic acids is 1. The van der Waals surface area contributed by atoms with Crippen molar-refractivity contribution < 1.29 is 9.21 Å². The number of aryl methyl sites for hydroxylation is 1. The molecule has 0 unspecified atom stereocenters. The van der Waals surface area contributed by atoms with Crippen LogP contribution in [0.15, 0.2) is 52.9 Å². The minimum absolute atomic E-state index is 0.0344. The molecule has 1 amide bonds. The zero-order chi connectivity index (χ0) is 18.7. The molecular formula is C21H23N3O2. The van der Waals surface area contributed by atoms with Crippen molar-refractivity contribution >= 4 is 5.91 Å². The Balaban J connectivity index is 1.64. The molecule has 0 saturated heterocycles. The van der Waals surface area contributed by atoms with Gasteiger partial charge < -0.3 is 9.73 Å². The van der Waals surface area contributed by atoms with Crippen LogP contribution in [0, 0.1) is 6.92 Å². The maximum absolute atomic E-state index is 12.2. The first kappa shape index (κ1) is 17.9. The molecule has 0 aliphatic carbocycles. The van der Waals surface area contributed by atoms with Gasteiger partial charge in [-0.05, 0) is 35.6 Å². The van der Waals surface area contributed by atoms with Crippen LogP contribution in [-0.4, -0.2) is 16.1 Å². The van der Waals surface area contributed by atoms with Crippen molar-refractivity contribution in [2.75, 3.05) is 0 Å². The number of aromatic nitrogens is 2. The van der Waals surface area contributed by atoms with Crippen molar-refractivity contribution in [3.63, 3.8) is 0 Å². The van der Waals surface area contributed by atoms with Gasteiger partial charge in [0.05, 0.1) is 0 Å². The van der Waals surface area contributed by atoms with E-state index < -0.39 is 0 Å². The normalized spacial score (nSPS) is 11.4. The molecule has 0 aliphatic heterocycles. The topological polar surface area (TPSA) is 68.0 Å². The van der Waals surface area contributed by atoms with E-state index in [2.05, 4.69) is 48.4 Å². The highest BCUT2D eigenvalue weighted by molar-refractivity contribution is 5.89. The second-order valence-electron chi connectivity index (χ2n) is 7.41. The fraction of sp³-hybridized carbons (Fsp3) is 0.286. The summed E-state index contributed by atoms with van der Waals surface area (Å²) in [6.45, 7) is 8.91. The molecule has 5 nitrogen and oxygen atoms in total. The summed E-state index contributed by atoms with van der Waals surface area (Å²) < 4.78 is 5.50. The van der Waals surface area contributed by atoms with Gasteiger partial charge >= 0.3 is 11.8 Å². The Morgan fingerprint density at radius 3 is 2.46 bits per heavy atom. The lowest BCUT2D eigenvalue weighted by molar-refractivity contribution is 0.0917. The van der Waals surface area contributed by atoms with Crippen molar-refractivity contribution in [3.8, 4) is 11.5 Å². The van der Waals surface area contributed by atoms with Crippen molar-refractivity contribution in [1.82, 2.24) is 15.5 Å². The van der Waals surface area contributed by atoms with Gasteiger partial charge in [0.2, 0.25) is 5.89 Å². The van der Waals surface area contributed by atoms with Crippen molar-refractivity contribution in [2.24, 2.45) is 0 Å². The van der Waals surface area contributed by atoms with E-state index in [4.69, 9.17) is 4.42 Å². The quantitative estimate of drug-likeness (QED) is 0.764. The number of benzene rings is 2. The molecule has 1 heterocycles. The Morgan fingerprint density at radius 1 is 1.08 bits per heavy atom. The van der Waals surface area contributed by atoms with Gasteiger partial charge in [0.1, 0.15) is 0 Å². The van der Waals surface area contributed by atoms with E-state index in [1.807, 2.05) is 43.3 Å². The molecule has 0 bridgehead atoms. The Kier molecular flexibility index (Phi) is 4.89. The molecule has 0 saturated carbocycles. The Hall–Kier alpha value is -2.95. The van der Waals surface area contributed by atoms with Crippen LogP contribution in [0.3, 0.4) is 0 Å². The van der Waals surface area contributed by atoms with E-state index >= 15 is 0 Å². The third-order valence-corrected chi connectivity index (χ3v) is 4.16. The van der Waals surface area contributed by atoms with Crippen LogP contribution in [-0.2, 0) is 12.0 Å². The van der Waals surface area contributed by atoms with Crippen LogP contribution in [0.1, 0.15) is 48.1 Å². The lowest BCUT2D eigenvalue weighted by atomic mass is 9.87. The number of rotatable bonds is 4. The summed E-state index contributed by atoms with van der Waals surface area (Å²) in [4.78, 5) is 12.2. The fourth-order valence-corrected chi connectivity index (χ4v) is 2.59. The van der Waals surface area contributed by atoms with Crippen molar-refractivity contribution in [3.05, 3.63) is 71.1 Å². The third-order valence-electron chi connectivity index (χ3n) is 4.16. The van der Waals surface area contributed by atoms with E-state index in [-0.39, 0.29) is 17.2 Å². The first-order chi connectivity index (χ1) is 12.3. The molecule has 3 rings (SSSR count). The summed E-state index contributed by atoms with van der Waals surface area (Å²) in [5.41, 5.74) is 4.27. The van der Waals surface area contributed by atoms with Gasteiger partial charge in [-0.3, -0.25) is 4.79 Å². The molecule has 0 radical (unpaired) electrons. The number of hydrogen-bond acceptors (Lipinski definition) is 4. The van der Waals surface area contributed by atoms with E-state index in [0.717, 1.165) is 16.7 Å². The average Bonchev–Trinajstić information content (AvgIpc) is 3.09. The van der Waals surface area contributed by atoms with Crippen molar-refractivity contribution in [1.29, 1.82) is 0 Å². The predicted octanol–water partition coefficient (Wildman–Crippen LogP) is 4.27. The minimum Gasteiger partial charge on any atom is -0.412 e. The number of nitrogens with one attached hydrogen (secondary N) is 1. The smallest absolute Gasteiger partial charge is 0.309 e. The summed E-state index contributed by atoms with van der Waals surface area (Å²) in [5, 5.41) is 10.6. The molecule has 1 N–H and O–H groups in total. The van der Waals surface area contributed by atoms with Gasteiger partial charge in [-0.1, -0.05) is 62.7 Å². The van der Waals surface area contributed by atoms with Crippen LogP contribution in [0.2, 0.25) is 0 Å². The zero-order valence-electron chi connectivity index (χ0n) is 15.5. The molecule has 0 fully saturated rings. The van der Waals surface area contributed by atoms with Gasteiger partial charge in [-0.2, -0.15) is 0 Å². The number of amides is 1. The number of carbonyl (C=O) groups is 1. The third kappa shape index (κ3) is 4.17. The van der Waals surface area contributed by atoms with Gasteiger partial charge in [0.15, 0.2) is 0 Å². The van der Waals surface area contributed by atoms with Crippen LogP contribution in [0.5, 0.6) is 0 Å². The lowest BCUT2D eigenvalue weighted by Gasteiger charge is -2.19. The van der Waals surface area contributed by atoms with Gasteiger partial charge in [0, 0.05) is 12.1 Å². The first-order valence-corrected chi connectivity index (χ1v) is 8.61. The van der Waals surface area contributed by atoms with E-state index in [0.29, 0.717) is 12.4 Å². The maximum atomic E-state index is 12.2. The molecule has 0 aliphatic rings. The standard InChI is InChI=1S/C21H23N3O2/c1-14-6-5-7-16(12-14)19-23-24-20(26-19)18(25)22-13-15-8-10-17(11-9-15)21(2,3)4/h5-12H,13H2,1-4H3,(H,22,25). The highest BCUT2D eigenvalue weighted by Crippen LogP contribution is 2.22. The highest BCUT2D eigenvalue weighted by Gasteiger charge is 2.16. The lowest BCUT2D eigenvalue weighted by Crippen LogP contribution is -2.23. The molecule has 2 aromatic carbocycles. The van der Waals surface area contributed by atoms with E-state index in [9.17, 15) is 4.79 Å². The minimum atomic E-state index is -0.378. The second kappa shape index (κ2) is 7.12. The second-order valence-corrected chi connectivity index (χ2v) is 7.41. The van der Waals surface area contributed by atoms with Crippen LogP contribution >= 0.6 is 0 Å². The zero-order valence-corrected chi connectivity index (χ0v) is 15.5. The summed E-state index contributed by atoms with van der Waals surface area (Å²) in [5.74, 6) is -0.0718. The van der Waals surface area contributed by atoms with Crippen molar-refractivity contribution in [2.45, 2.75) is 39.7 Å². The molecule has 0 atom stereocenters. The SMILES string of the molecule is Cc1cccc(-c2nnc(C(=O)NCc3ccc(C(C)(C)C)cc3)o2)c1. The molecular weight excluding hydrogens is 326 g/mol. The predicted molar refractivity (Wildman–Crippen MR) is 101 cm³/mol. The largest absolute Gasteiger partial charge is 0.412 e. The number of nitrogens with zero attached hydrogens (tertiary/aromatic N) is 2. The van der Waals surface area contributed by atoms with Crippen LogP contribution in [0.25, 0.3) is 11.5 Å². The maximum Gasteiger partial charge on any atom is 0.309 e. The first-order valence-electron chi connectivity index (χ1n) is 8.61. The summed E-state index contributed by atoms with van der Waals surface area (Å²) in [6, 6.07) is 15.9. The molecule has 3 aromatic rings. The molecule has 0 spiro atoms. The molecule has 1 aromatic heterocycles. The monoisotopic (exact) mass is 349 g/mol. The molecule has 26 heavy (non-hydrogen) atoms. The van der Waals surface area contributed by atoms with Gasteiger partial charge in [0.25, 0.3) is 0 Å². The van der Waals surface area contributed by atoms with Crippen LogP contribution < -0.4 is 5.32 Å². The van der Waals surface area contributed by atoms with E-state index in [1.165, 1.54) is 5.56 Å². The average molecular weight is 349 g/mol. The molecule has 134 valence electrons. The Morgan fingerprint density at radius 2 is 1.81 bits per heavy atom. The summed E-state index contributed by atoms with van der Waals surface area (Å²) in [6.07, 6.45) is 0.